The third kappa shape index (κ3) is 14.6. The summed E-state index contributed by atoms with van der Waals surface area (Å²) in [5, 5.41) is 20.2. The standard InChI is InChI=1S/C53H61F10N9O7/c1-8-71-35-16-17-36(71)27-69(26-35)43-18-15-32(23-64-43)14-11-30-9-12-31(13-10-30)19-41(66-47(76)45(67-49(77)79-7)51(4,5)53(61,62)63)42(73)29-70(68-46(75)38(22-44(74)78-6)50(2,3)52(58,59)60)28-37-39(54)20-33(21-40(37)55)34-24-65-72(25-34)48(56)57/h9-10,12-13,15,18,20-21,23-25,35-36,38,41-42,45,48,73H,8,16-17,19,22,26-29H2,1-7H3,(H,66,76)(H,67,77)(H,68,75)/t35?,36?,38-,41+,42+,45-/m1/s1. The van der Waals surface area contributed by atoms with Crippen molar-refractivity contribution < 1.29 is 77.7 Å². The van der Waals surface area contributed by atoms with E-state index in [0.717, 1.165) is 64.9 Å². The van der Waals surface area contributed by atoms with Gasteiger partial charge in [-0.15, -0.1) is 0 Å². The number of halogens is 10. The van der Waals surface area contributed by atoms with Crippen molar-refractivity contribution in [2.75, 3.05) is 45.3 Å². The van der Waals surface area contributed by atoms with E-state index in [2.05, 4.69) is 58.9 Å². The number of alkyl carbamates (subject to hydrolysis) is 1. The molecule has 6 atom stereocenters. The molecule has 0 aliphatic carbocycles. The van der Waals surface area contributed by atoms with Crippen molar-refractivity contribution in [2.45, 2.75) is 116 Å². The quantitative estimate of drug-likeness (QED) is 0.0294. The molecule has 6 rings (SSSR count). The number of nitrogens with zero attached hydrogens (tertiary/aromatic N) is 6. The van der Waals surface area contributed by atoms with E-state index in [1.165, 1.54) is 12.1 Å². The zero-order valence-corrected chi connectivity index (χ0v) is 44.1. The molecule has 79 heavy (non-hydrogen) atoms. The van der Waals surface area contributed by atoms with Gasteiger partial charge in [-0.2, -0.15) is 40.2 Å². The predicted octanol–water partition coefficient (Wildman–Crippen LogP) is 7.69. The van der Waals surface area contributed by atoms with Crippen LogP contribution in [0.1, 0.15) is 82.7 Å². The van der Waals surface area contributed by atoms with E-state index in [1.807, 2.05) is 17.4 Å². The number of carbonyl (C=O) groups is 4. The Kier molecular flexibility index (Phi) is 19.4. The molecule has 0 spiro atoms. The first-order chi connectivity index (χ1) is 37.0. The molecule has 26 heteroatoms. The van der Waals surface area contributed by atoms with Crippen LogP contribution in [0.3, 0.4) is 0 Å². The zero-order valence-electron chi connectivity index (χ0n) is 44.1. The molecule has 0 radical (unpaired) electrons. The third-order valence-electron chi connectivity index (χ3n) is 14.6. The zero-order chi connectivity index (χ0) is 58.4. The minimum atomic E-state index is -5.16. The molecule has 4 aromatic rings. The molecule has 16 nitrogen and oxygen atoms in total. The van der Waals surface area contributed by atoms with Crippen molar-refractivity contribution in [3.63, 3.8) is 0 Å². The van der Waals surface area contributed by atoms with Crippen molar-refractivity contribution in [3.05, 3.63) is 101 Å². The number of rotatable bonds is 20. The lowest BCUT2D eigenvalue weighted by Crippen LogP contribution is -2.62. The Balaban J connectivity index is 1.33. The number of ether oxygens (including phenoxy) is 2. The number of amides is 3. The highest BCUT2D eigenvalue weighted by molar-refractivity contribution is 5.87. The van der Waals surface area contributed by atoms with Gasteiger partial charge in [0.2, 0.25) is 11.8 Å². The van der Waals surface area contributed by atoms with Gasteiger partial charge in [-0.05, 0) is 87.2 Å². The Morgan fingerprint density at radius 2 is 1.41 bits per heavy atom. The lowest BCUT2D eigenvalue weighted by molar-refractivity contribution is -0.231. The molecule has 4 heterocycles. The molecule has 0 saturated carbocycles. The number of hydrazine groups is 1. The lowest BCUT2D eigenvalue weighted by Gasteiger charge is -2.41. The number of aliphatic hydroxyl groups excluding tert-OH is 1. The maximum Gasteiger partial charge on any atom is 0.407 e. The number of piperazine rings is 1. The number of likely N-dealkylation sites (N-methyl/N-ethyl adjacent to an activating group) is 1. The topological polar surface area (TPSA) is 183 Å². The van der Waals surface area contributed by atoms with Gasteiger partial charge in [0.15, 0.2) is 0 Å². The lowest BCUT2D eigenvalue weighted by atomic mass is 9.75. The molecule has 2 aliphatic rings. The van der Waals surface area contributed by atoms with Gasteiger partial charge in [-0.1, -0.05) is 44.7 Å². The van der Waals surface area contributed by atoms with E-state index in [0.29, 0.717) is 68.0 Å². The minimum Gasteiger partial charge on any atom is -0.469 e. The summed E-state index contributed by atoms with van der Waals surface area (Å²) < 4.78 is 155. The molecule has 2 aliphatic heterocycles. The van der Waals surface area contributed by atoms with Gasteiger partial charge in [-0.3, -0.25) is 24.7 Å². The van der Waals surface area contributed by atoms with E-state index in [1.54, 1.807) is 18.3 Å². The van der Waals surface area contributed by atoms with Crippen molar-refractivity contribution in [3.8, 4) is 23.0 Å². The van der Waals surface area contributed by atoms with Crippen LogP contribution in [0.2, 0.25) is 0 Å². The number of anilines is 1. The number of carbonyl (C=O) groups excluding carboxylic acids is 4. The van der Waals surface area contributed by atoms with Gasteiger partial charge >= 0.3 is 31.0 Å². The van der Waals surface area contributed by atoms with E-state index in [-0.39, 0.29) is 21.4 Å². The minimum absolute atomic E-state index is 0.164. The number of pyridine rings is 1. The number of hydrogen-bond donors (Lipinski definition) is 4. The SMILES string of the molecule is CCN1C2CCC1CN(c1ccc(C#Cc3ccc(C[C@H](NC(=O)[C@@H](NC(=O)OC)C(C)(C)C(F)(F)F)[C@@H](O)CN(Cc4c(F)cc(-c5cnn(C(F)F)c5)cc4F)NC(=O)[C@@H](CC(=O)OC)C(C)(C)C(F)(F)F)cc3)cn1)C2. The summed E-state index contributed by atoms with van der Waals surface area (Å²) in [5.74, 6) is -2.60. The first-order valence-electron chi connectivity index (χ1n) is 24.9. The normalized spacial score (nSPS) is 17.6. The Bertz CT molecular complexity index is 2820. The summed E-state index contributed by atoms with van der Waals surface area (Å²) in [6, 6.07) is 7.96. The summed E-state index contributed by atoms with van der Waals surface area (Å²) in [6.07, 6.45) is -9.97. The van der Waals surface area contributed by atoms with Gasteiger partial charge in [0.25, 0.3) is 0 Å². The summed E-state index contributed by atoms with van der Waals surface area (Å²) in [4.78, 5) is 62.4. The Morgan fingerprint density at radius 3 is 1.92 bits per heavy atom. The molecule has 2 aromatic carbocycles. The molecule has 430 valence electrons. The second-order valence-electron chi connectivity index (χ2n) is 20.5. The van der Waals surface area contributed by atoms with Gasteiger partial charge < -0.3 is 30.1 Å². The number of nitrogens with one attached hydrogen (secondary N) is 3. The molecule has 2 bridgehead atoms. The number of alkyl halides is 8. The largest absolute Gasteiger partial charge is 0.469 e. The van der Waals surface area contributed by atoms with E-state index >= 15 is 8.78 Å². The average Bonchev–Trinajstić information content (AvgIpc) is 3.99. The first kappa shape index (κ1) is 61.2. The fraction of sp³-hybridized carbons (Fsp3) is 0.509. The molecule has 2 fully saturated rings. The van der Waals surface area contributed by atoms with Crippen LogP contribution in [0.25, 0.3) is 11.1 Å². The maximum absolute atomic E-state index is 16.0. The van der Waals surface area contributed by atoms with Gasteiger partial charge in [-0.25, -0.2) is 28.3 Å². The predicted molar refractivity (Wildman–Crippen MR) is 266 cm³/mol. The van der Waals surface area contributed by atoms with Crippen LogP contribution in [-0.2, 0) is 36.8 Å². The smallest absolute Gasteiger partial charge is 0.407 e. The third-order valence-corrected chi connectivity index (χ3v) is 14.6. The molecule has 4 N–H and O–H groups in total. The number of benzene rings is 2. The monoisotopic (exact) mass is 1130 g/mol. The second kappa shape index (κ2) is 25.0. The summed E-state index contributed by atoms with van der Waals surface area (Å²) in [7, 11) is 1.67. The molecule has 2 aromatic heterocycles. The number of aliphatic hydroxyl groups is 1. The van der Waals surface area contributed by atoms with Crippen LogP contribution in [0.15, 0.2) is 67.1 Å². The van der Waals surface area contributed by atoms with Crippen molar-refractivity contribution >= 4 is 29.7 Å². The Labute approximate surface area is 449 Å². The van der Waals surface area contributed by atoms with Crippen LogP contribution < -0.4 is 21.0 Å². The summed E-state index contributed by atoms with van der Waals surface area (Å²) >= 11 is 0. The fourth-order valence-electron chi connectivity index (χ4n) is 9.49. The van der Waals surface area contributed by atoms with Crippen LogP contribution in [0, 0.1) is 40.2 Å². The number of fused-ring (bicyclic) bond motifs is 2. The van der Waals surface area contributed by atoms with Crippen LogP contribution in [0.4, 0.5) is 54.5 Å². The van der Waals surface area contributed by atoms with Crippen molar-refractivity contribution in [2.24, 2.45) is 16.7 Å². The van der Waals surface area contributed by atoms with E-state index in [4.69, 9.17) is 0 Å². The van der Waals surface area contributed by atoms with Crippen molar-refractivity contribution in [1.29, 1.82) is 0 Å². The van der Waals surface area contributed by atoms with Gasteiger partial charge in [0.05, 0.1) is 55.7 Å². The number of hydrogen-bond acceptors (Lipinski definition) is 12. The van der Waals surface area contributed by atoms with Crippen molar-refractivity contribution in [1.82, 2.24) is 40.7 Å². The van der Waals surface area contributed by atoms with Crippen LogP contribution >= 0.6 is 0 Å². The second-order valence-corrected chi connectivity index (χ2v) is 20.5. The molecular weight excluding hydrogens is 1060 g/mol. The van der Waals surface area contributed by atoms with Gasteiger partial charge in [0.1, 0.15) is 23.5 Å². The highest BCUT2D eigenvalue weighted by Crippen LogP contribution is 2.45. The summed E-state index contributed by atoms with van der Waals surface area (Å²) in [5.41, 5.74) is -3.95. The van der Waals surface area contributed by atoms with E-state index in [9.17, 15) is 59.4 Å². The highest BCUT2D eigenvalue weighted by Gasteiger charge is 2.57. The molecule has 2 saturated heterocycles. The van der Waals surface area contributed by atoms with Gasteiger partial charge in [0, 0.05) is 72.9 Å². The Morgan fingerprint density at radius 1 is 0.810 bits per heavy atom. The number of methoxy groups -OCH3 is 2. The Hall–Kier alpha value is -6.98. The van der Waals surface area contributed by atoms with Crippen LogP contribution in [0.5, 0.6) is 0 Å². The fourth-order valence-corrected chi connectivity index (χ4v) is 9.49. The molecule has 2 unspecified atom stereocenters. The number of esters is 1. The van der Waals surface area contributed by atoms with E-state index < -0.39 is 121 Å². The first-order valence-corrected chi connectivity index (χ1v) is 24.9. The molecular formula is C53H61F10N9O7. The summed E-state index contributed by atoms with van der Waals surface area (Å²) in [6.45, 7) is 1.96. The maximum atomic E-state index is 16.0. The highest BCUT2D eigenvalue weighted by atomic mass is 19.4. The number of aromatic nitrogens is 3. The van der Waals surface area contributed by atoms with Crippen LogP contribution in [-0.4, -0.2) is 137 Å². The molecule has 3 amide bonds. The average molecular weight is 1130 g/mol.